The first-order chi connectivity index (χ1) is 16.4. The van der Waals surface area contributed by atoms with Crippen LogP contribution >= 0.6 is 11.6 Å². The highest BCUT2D eigenvalue weighted by Gasteiger charge is 2.17. The predicted molar refractivity (Wildman–Crippen MR) is 135 cm³/mol. The van der Waals surface area contributed by atoms with Crippen LogP contribution in [0.3, 0.4) is 0 Å². The van der Waals surface area contributed by atoms with Crippen LogP contribution in [-0.4, -0.2) is 30.5 Å². The number of rotatable bonds is 7. The molecule has 0 saturated carbocycles. The molecule has 0 atom stereocenters. The van der Waals surface area contributed by atoms with Gasteiger partial charge in [0.2, 0.25) is 5.78 Å². The Morgan fingerprint density at radius 1 is 0.971 bits per heavy atom. The number of fused-ring (bicyclic) bond motifs is 1. The number of carbonyl (C=O) groups is 2. The number of ether oxygens (including phenoxy) is 2. The second kappa shape index (κ2) is 9.98. The maximum atomic E-state index is 13.4. The number of allylic oxidation sites excluding steroid dienone is 1. The van der Waals surface area contributed by atoms with Gasteiger partial charge in [0.05, 0.1) is 25.5 Å². The average Bonchev–Trinajstić information content (AvgIpc) is 3.22. The van der Waals surface area contributed by atoms with Crippen LogP contribution in [0.15, 0.2) is 72.8 Å². The Balaban J connectivity index is 1.74. The van der Waals surface area contributed by atoms with E-state index in [1.165, 1.54) is 7.11 Å². The van der Waals surface area contributed by atoms with Crippen LogP contribution in [0.1, 0.15) is 37.5 Å². The molecule has 5 nitrogen and oxygen atoms in total. The summed E-state index contributed by atoms with van der Waals surface area (Å²) in [7, 11) is 2.95. The minimum absolute atomic E-state index is 0.0645. The first kappa shape index (κ1) is 23.3. The van der Waals surface area contributed by atoms with Crippen LogP contribution in [0.25, 0.3) is 17.0 Å². The Labute approximate surface area is 203 Å². The molecule has 0 amide bonds. The van der Waals surface area contributed by atoms with Gasteiger partial charge in [-0.15, -0.1) is 0 Å². The van der Waals surface area contributed by atoms with E-state index < -0.39 is 5.97 Å². The highest BCUT2D eigenvalue weighted by molar-refractivity contribution is 6.31. The molecule has 0 spiro atoms. The summed E-state index contributed by atoms with van der Waals surface area (Å²) in [5, 5.41) is 1.36. The lowest BCUT2D eigenvalue weighted by molar-refractivity contribution is 0.0600. The number of esters is 1. The number of benzene rings is 3. The van der Waals surface area contributed by atoms with Crippen LogP contribution in [0, 0.1) is 6.92 Å². The van der Waals surface area contributed by atoms with Gasteiger partial charge >= 0.3 is 5.97 Å². The molecule has 6 heteroatoms. The lowest BCUT2D eigenvalue weighted by atomic mass is 10.1. The molecular formula is C28H24ClNO4. The number of carbonyl (C=O) groups excluding carboxylic acids is 2. The molecule has 34 heavy (non-hydrogen) atoms. The zero-order chi connectivity index (χ0) is 24.2. The van der Waals surface area contributed by atoms with Crippen LogP contribution in [0.2, 0.25) is 5.02 Å². The quantitative estimate of drug-likeness (QED) is 0.232. The number of ketones is 1. The van der Waals surface area contributed by atoms with Gasteiger partial charge in [-0.1, -0.05) is 59.6 Å². The number of methoxy groups -OCH3 is 2. The normalized spacial score (nSPS) is 11.2. The van der Waals surface area contributed by atoms with Crippen LogP contribution < -0.4 is 4.74 Å². The largest absolute Gasteiger partial charge is 0.497 e. The monoisotopic (exact) mass is 473 g/mol. The molecular weight excluding hydrogens is 450 g/mol. The van der Waals surface area contributed by atoms with E-state index in [4.69, 9.17) is 21.1 Å². The van der Waals surface area contributed by atoms with Crippen molar-refractivity contribution in [3.63, 3.8) is 0 Å². The molecule has 0 aliphatic heterocycles. The van der Waals surface area contributed by atoms with Crippen molar-refractivity contribution in [3.8, 4) is 5.75 Å². The Morgan fingerprint density at radius 2 is 1.74 bits per heavy atom. The van der Waals surface area contributed by atoms with Crippen molar-refractivity contribution in [2.45, 2.75) is 13.5 Å². The van der Waals surface area contributed by atoms with Crippen molar-refractivity contribution in [1.29, 1.82) is 0 Å². The molecule has 0 bridgehead atoms. The Morgan fingerprint density at radius 3 is 2.44 bits per heavy atom. The first-order valence-electron chi connectivity index (χ1n) is 10.7. The molecule has 1 heterocycles. The van der Waals surface area contributed by atoms with Gasteiger partial charge in [0.15, 0.2) is 0 Å². The Hall–Kier alpha value is -3.83. The molecule has 0 unspecified atom stereocenters. The number of halogens is 1. The summed E-state index contributed by atoms with van der Waals surface area (Å²) in [6.45, 7) is 2.41. The highest BCUT2D eigenvalue weighted by atomic mass is 35.5. The third-order valence-electron chi connectivity index (χ3n) is 5.66. The third kappa shape index (κ3) is 4.75. The van der Waals surface area contributed by atoms with Gasteiger partial charge in [0, 0.05) is 28.0 Å². The molecule has 1 aromatic heterocycles. The molecule has 0 aliphatic carbocycles. The first-order valence-corrected chi connectivity index (χ1v) is 11.1. The van der Waals surface area contributed by atoms with E-state index in [2.05, 4.69) is 0 Å². The van der Waals surface area contributed by atoms with E-state index in [-0.39, 0.29) is 5.78 Å². The molecule has 0 saturated heterocycles. The summed E-state index contributed by atoms with van der Waals surface area (Å²) in [6, 6.07) is 20.2. The van der Waals surface area contributed by atoms with Crippen molar-refractivity contribution in [2.75, 3.05) is 14.2 Å². The van der Waals surface area contributed by atoms with E-state index in [1.54, 1.807) is 25.3 Å². The SMILES string of the molecule is COC(=O)c1cc(Cl)ccc1C=CCn1c(C(=O)c2ccc(C)cc2)cc2cc(OC)ccc21. The summed E-state index contributed by atoms with van der Waals surface area (Å²) in [4.78, 5) is 25.6. The number of aromatic nitrogens is 1. The third-order valence-corrected chi connectivity index (χ3v) is 5.90. The predicted octanol–water partition coefficient (Wildman–Crippen LogP) is 6.34. The van der Waals surface area contributed by atoms with Crippen LogP contribution in [-0.2, 0) is 11.3 Å². The molecule has 172 valence electrons. The molecule has 0 fully saturated rings. The number of hydrogen-bond donors (Lipinski definition) is 0. The maximum absolute atomic E-state index is 13.4. The zero-order valence-corrected chi connectivity index (χ0v) is 19.9. The molecule has 4 rings (SSSR count). The fourth-order valence-electron chi connectivity index (χ4n) is 3.86. The molecule has 0 N–H and O–H groups in total. The topological polar surface area (TPSA) is 57.5 Å². The van der Waals surface area contributed by atoms with Crippen molar-refractivity contribution in [1.82, 2.24) is 4.57 Å². The number of aryl methyl sites for hydroxylation is 1. The van der Waals surface area contributed by atoms with Gasteiger partial charge in [0.1, 0.15) is 5.75 Å². The van der Waals surface area contributed by atoms with Gasteiger partial charge in [0.25, 0.3) is 0 Å². The van der Waals surface area contributed by atoms with E-state index >= 15 is 0 Å². The fraction of sp³-hybridized carbons (Fsp3) is 0.143. The van der Waals surface area contributed by atoms with E-state index in [9.17, 15) is 9.59 Å². The summed E-state index contributed by atoms with van der Waals surface area (Å²) in [5.74, 6) is 0.194. The lowest BCUT2D eigenvalue weighted by Crippen LogP contribution is -2.09. The number of hydrogen-bond acceptors (Lipinski definition) is 4. The minimum Gasteiger partial charge on any atom is -0.497 e. The Bertz CT molecular complexity index is 1400. The van der Waals surface area contributed by atoms with Gasteiger partial charge in [-0.25, -0.2) is 4.79 Å². The van der Waals surface area contributed by atoms with Crippen molar-refractivity contribution < 1.29 is 19.1 Å². The molecule has 4 aromatic rings. The van der Waals surface area contributed by atoms with Crippen molar-refractivity contribution in [2.24, 2.45) is 0 Å². The summed E-state index contributed by atoms with van der Waals surface area (Å²) in [6.07, 6.45) is 3.74. The minimum atomic E-state index is -0.462. The smallest absolute Gasteiger partial charge is 0.338 e. The van der Waals surface area contributed by atoms with Gasteiger partial charge in [-0.05, 0) is 48.9 Å². The molecule has 0 aliphatic rings. The standard InChI is InChI=1S/C28H24ClNO4/c1-18-6-8-20(9-7-18)27(31)26-16-21-15-23(33-2)12-13-25(21)30(26)14-4-5-19-10-11-22(29)17-24(19)28(32)34-3/h4-13,15-17H,14H2,1-3H3. The molecule has 0 radical (unpaired) electrons. The van der Waals surface area contributed by atoms with Gasteiger partial charge in [-0.2, -0.15) is 0 Å². The highest BCUT2D eigenvalue weighted by Crippen LogP contribution is 2.27. The van der Waals surface area contributed by atoms with Gasteiger partial charge in [-0.3, -0.25) is 4.79 Å². The lowest BCUT2D eigenvalue weighted by Gasteiger charge is -2.09. The van der Waals surface area contributed by atoms with Crippen molar-refractivity contribution >= 4 is 40.3 Å². The van der Waals surface area contributed by atoms with Crippen LogP contribution in [0.4, 0.5) is 0 Å². The van der Waals surface area contributed by atoms with E-state index in [1.807, 2.05) is 72.2 Å². The maximum Gasteiger partial charge on any atom is 0.338 e. The summed E-state index contributed by atoms with van der Waals surface area (Å²) >= 11 is 6.06. The van der Waals surface area contributed by atoms with E-state index in [0.717, 1.165) is 22.2 Å². The van der Waals surface area contributed by atoms with Gasteiger partial charge < -0.3 is 14.0 Å². The summed E-state index contributed by atoms with van der Waals surface area (Å²) < 4.78 is 12.2. The average molecular weight is 474 g/mol. The van der Waals surface area contributed by atoms with E-state index in [0.29, 0.717) is 34.0 Å². The van der Waals surface area contributed by atoms with Crippen LogP contribution in [0.5, 0.6) is 5.75 Å². The fourth-order valence-corrected chi connectivity index (χ4v) is 4.03. The van der Waals surface area contributed by atoms with Crippen molar-refractivity contribution in [3.05, 3.63) is 106 Å². The zero-order valence-electron chi connectivity index (χ0n) is 19.2. The Kier molecular flexibility index (Phi) is 6.85. The summed E-state index contributed by atoms with van der Waals surface area (Å²) in [5.41, 5.74) is 4.25. The molecule has 3 aromatic carbocycles. The second-order valence-corrected chi connectivity index (χ2v) is 8.32. The second-order valence-electron chi connectivity index (χ2n) is 7.89. The number of nitrogens with zero attached hydrogens (tertiary/aromatic N) is 1.